The highest BCUT2D eigenvalue weighted by atomic mass is 32.2. The monoisotopic (exact) mass is 453 g/mol. The Hall–Kier alpha value is -3.36. The summed E-state index contributed by atoms with van der Waals surface area (Å²) in [5, 5.41) is 10.1. The molecule has 0 radical (unpaired) electrons. The summed E-state index contributed by atoms with van der Waals surface area (Å²) < 4.78 is 21.8. The lowest BCUT2D eigenvalue weighted by Gasteiger charge is -2.23. The number of anilines is 1. The minimum atomic E-state index is -1.42. The summed E-state index contributed by atoms with van der Waals surface area (Å²) in [5.41, 5.74) is 7.39. The van der Waals surface area contributed by atoms with Crippen LogP contribution in [0, 0.1) is 0 Å². The quantitative estimate of drug-likeness (QED) is 0.291. The van der Waals surface area contributed by atoms with E-state index in [9.17, 15) is 9.90 Å². The number of para-hydroxylation sites is 1. The van der Waals surface area contributed by atoms with E-state index in [1.165, 1.54) is 11.8 Å². The van der Waals surface area contributed by atoms with E-state index in [1.807, 2.05) is 30.3 Å². The summed E-state index contributed by atoms with van der Waals surface area (Å²) in [6.07, 6.45) is -1.42. The molecule has 0 saturated heterocycles. The minimum Gasteiger partial charge on any atom is -0.464 e. The fourth-order valence-electron chi connectivity index (χ4n) is 3.20. The first-order chi connectivity index (χ1) is 15.5. The number of hydrogen-bond donors (Lipinski definition) is 2. The van der Waals surface area contributed by atoms with Crippen LogP contribution in [0.2, 0.25) is 0 Å². The van der Waals surface area contributed by atoms with E-state index in [0.29, 0.717) is 39.1 Å². The number of benzene rings is 3. The fourth-order valence-corrected chi connectivity index (χ4v) is 4.38. The molecule has 0 bridgehead atoms. The lowest BCUT2D eigenvalue weighted by atomic mass is 10.1. The zero-order valence-corrected chi connectivity index (χ0v) is 18.2. The van der Waals surface area contributed by atoms with E-state index in [0.717, 1.165) is 0 Å². The predicted octanol–water partition coefficient (Wildman–Crippen LogP) is 4.55. The maximum atomic E-state index is 12.4. The van der Waals surface area contributed by atoms with Gasteiger partial charge in [0.25, 0.3) is 0 Å². The van der Waals surface area contributed by atoms with E-state index in [1.54, 1.807) is 43.3 Å². The van der Waals surface area contributed by atoms with Crippen molar-refractivity contribution < 1.29 is 28.8 Å². The van der Waals surface area contributed by atoms with Crippen molar-refractivity contribution in [1.29, 1.82) is 0 Å². The molecule has 3 N–H and O–H groups in total. The van der Waals surface area contributed by atoms with Gasteiger partial charge in [0.15, 0.2) is 17.6 Å². The summed E-state index contributed by atoms with van der Waals surface area (Å²) in [7, 11) is 0. The highest BCUT2D eigenvalue weighted by Gasteiger charge is 2.32. The molecule has 7 nitrogen and oxygen atoms in total. The SMILES string of the molecule is CCOC(=O)C(O)C(Sc1cc(Oc2ccccc2)ccc1N)c1ccc2c(c1)OCO2. The van der Waals surface area contributed by atoms with Gasteiger partial charge in [-0.2, -0.15) is 0 Å². The van der Waals surface area contributed by atoms with Crippen molar-refractivity contribution in [2.45, 2.75) is 23.2 Å². The van der Waals surface area contributed by atoms with Gasteiger partial charge in [-0.15, -0.1) is 11.8 Å². The molecule has 2 atom stereocenters. The largest absolute Gasteiger partial charge is 0.464 e. The van der Waals surface area contributed by atoms with Crippen LogP contribution in [0.15, 0.2) is 71.6 Å². The number of fused-ring (bicyclic) bond motifs is 1. The molecule has 8 heteroatoms. The first kappa shape index (κ1) is 21.9. The van der Waals surface area contributed by atoms with Crippen LogP contribution in [0.4, 0.5) is 5.69 Å². The zero-order chi connectivity index (χ0) is 22.5. The Kier molecular flexibility index (Phi) is 6.72. The molecule has 1 heterocycles. The van der Waals surface area contributed by atoms with Gasteiger partial charge >= 0.3 is 5.97 Å². The molecular weight excluding hydrogens is 430 g/mol. The Bertz CT molecular complexity index is 1090. The van der Waals surface area contributed by atoms with Gasteiger partial charge in [0, 0.05) is 10.6 Å². The molecule has 0 saturated carbocycles. The highest BCUT2D eigenvalue weighted by molar-refractivity contribution is 7.99. The number of carbonyl (C=O) groups excluding carboxylic acids is 1. The van der Waals surface area contributed by atoms with Gasteiger partial charge in [-0.05, 0) is 55.0 Å². The number of thioether (sulfide) groups is 1. The van der Waals surface area contributed by atoms with Gasteiger partial charge in [-0.1, -0.05) is 24.3 Å². The van der Waals surface area contributed by atoms with Gasteiger partial charge in [0.1, 0.15) is 11.5 Å². The molecule has 0 amide bonds. The lowest BCUT2D eigenvalue weighted by molar-refractivity contribution is -0.153. The van der Waals surface area contributed by atoms with Crippen LogP contribution in [0.25, 0.3) is 0 Å². The number of esters is 1. The van der Waals surface area contributed by atoms with E-state index in [4.69, 9.17) is 24.7 Å². The van der Waals surface area contributed by atoms with E-state index >= 15 is 0 Å². The van der Waals surface area contributed by atoms with Gasteiger partial charge in [0.2, 0.25) is 6.79 Å². The number of rotatable bonds is 8. The Morgan fingerprint density at radius 3 is 2.62 bits per heavy atom. The second-order valence-corrected chi connectivity index (χ2v) is 8.15. The second-order valence-electron chi connectivity index (χ2n) is 6.96. The third kappa shape index (κ3) is 4.92. The number of hydrogen-bond acceptors (Lipinski definition) is 8. The van der Waals surface area contributed by atoms with Crippen molar-refractivity contribution in [1.82, 2.24) is 0 Å². The van der Waals surface area contributed by atoms with Crippen LogP contribution >= 0.6 is 11.8 Å². The van der Waals surface area contributed by atoms with Gasteiger partial charge in [-0.3, -0.25) is 0 Å². The molecular formula is C24H23NO6S. The Balaban J connectivity index is 1.64. The molecule has 32 heavy (non-hydrogen) atoms. The fraction of sp³-hybridized carbons (Fsp3) is 0.208. The molecule has 2 unspecified atom stereocenters. The maximum absolute atomic E-state index is 12.4. The number of nitrogen functional groups attached to an aromatic ring is 1. The minimum absolute atomic E-state index is 0.128. The third-order valence-electron chi connectivity index (χ3n) is 4.76. The molecule has 1 aliphatic heterocycles. The summed E-state index contributed by atoms with van der Waals surface area (Å²) >= 11 is 1.25. The molecule has 0 aliphatic carbocycles. The number of aliphatic hydroxyl groups is 1. The first-order valence-electron chi connectivity index (χ1n) is 10.1. The van der Waals surface area contributed by atoms with Crippen molar-refractivity contribution in [2.24, 2.45) is 0 Å². The van der Waals surface area contributed by atoms with Crippen molar-refractivity contribution in [2.75, 3.05) is 19.1 Å². The van der Waals surface area contributed by atoms with Crippen molar-refractivity contribution >= 4 is 23.4 Å². The number of ether oxygens (including phenoxy) is 4. The molecule has 0 fully saturated rings. The summed E-state index contributed by atoms with van der Waals surface area (Å²) in [6.45, 7) is 1.98. The smallest absolute Gasteiger partial charge is 0.336 e. The standard InChI is InChI=1S/C24H23NO6S/c1-2-28-24(27)22(26)23(15-8-11-19-20(12-15)30-14-29-19)32-21-13-17(9-10-18(21)25)31-16-6-4-3-5-7-16/h3-13,22-23,26H,2,14,25H2,1H3. The molecule has 3 aromatic rings. The summed E-state index contributed by atoms with van der Waals surface area (Å²) in [6, 6.07) is 19.9. The van der Waals surface area contributed by atoms with Crippen LogP contribution < -0.4 is 19.9 Å². The Morgan fingerprint density at radius 2 is 1.84 bits per heavy atom. The van der Waals surface area contributed by atoms with E-state index in [2.05, 4.69) is 0 Å². The normalized spacial score (nSPS) is 13.9. The molecule has 0 aromatic heterocycles. The van der Waals surface area contributed by atoms with Crippen molar-refractivity contribution in [3.8, 4) is 23.0 Å². The highest BCUT2D eigenvalue weighted by Crippen LogP contribution is 2.45. The molecule has 3 aromatic carbocycles. The third-order valence-corrected chi connectivity index (χ3v) is 6.15. The zero-order valence-electron chi connectivity index (χ0n) is 17.4. The van der Waals surface area contributed by atoms with Crippen molar-refractivity contribution in [3.05, 3.63) is 72.3 Å². The van der Waals surface area contributed by atoms with Gasteiger partial charge in [-0.25, -0.2) is 4.79 Å². The first-order valence-corrected chi connectivity index (χ1v) is 11.0. The van der Waals surface area contributed by atoms with Crippen LogP contribution in [0.3, 0.4) is 0 Å². The predicted molar refractivity (Wildman–Crippen MR) is 121 cm³/mol. The molecule has 166 valence electrons. The summed E-state index contributed by atoms with van der Waals surface area (Å²) in [4.78, 5) is 13.0. The Morgan fingerprint density at radius 1 is 1.06 bits per heavy atom. The van der Waals surface area contributed by atoms with Crippen LogP contribution in [-0.4, -0.2) is 30.6 Å². The maximum Gasteiger partial charge on any atom is 0.336 e. The van der Waals surface area contributed by atoms with E-state index in [-0.39, 0.29) is 13.4 Å². The number of carbonyl (C=O) groups is 1. The van der Waals surface area contributed by atoms with Crippen LogP contribution in [-0.2, 0) is 9.53 Å². The summed E-state index contributed by atoms with van der Waals surface area (Å²) in [5.74, 6) is 1.73. The van der Waals surface area contributed by atoms with Gasteiger partial charge < -0.3 is 29.8 Å². The molecule has 4 rings (SSSR count). The van der Waals surface area contributed by atoms with Crippen molar-refractivity contribution in [3.63, 3.8) is 0 Å². The lowest BCUT2D eigenvalue weighted by Crippen LogP contribution is -2.28. The van der Waals surface area contributed by atoms with E-state index < -0.39 is 17.3 Å². The molecule has 0 spiro atoms. The second kappa shape index (κ2) is 9.84. The molecule has 1 aliphatic rings. The number of aliphatic hydroxyl groups excluding tert-OH is 1. The average Bonchev–Trinajstić information content (AvgIpc) is 3.28. The number of nitrogens with two attached hydrogens (primary N) is 1. The van der Waals surface area contributed by atoms with Gasteiger partial charge in [0.05, 0.1) is 11.9 Å². The van der Waals surface area contributed by atoms with Crippen LogP contribution in [0.1, 0.15) is 17.7 Å². The van der Waals surface area contributed by atoms with Crippen LogP contribution in [0.5, 0.6) is 23.0 Å². The topological polar surface area (TPSA) is 100 Å². The Labute approximate surface area is 190 Å². The average molecular weight is 454 g/mol.